The molecular weight excluding hydrogens is 1140 g/mol. The molecule has 0 bridgehead atoms. The zero-order chi connectivity index (χ0) is 68.4. The van der Waals surface area contributed by atoms with Gasteiger partial charge in [-0.2, -0.15) is 25.0 Å². The van der Waals surface area contributed by atoms with E-state index in [-0.39, 0.29) is 58.9 Å². The Morgan fingerprint density at radius 3 is 1.04 bits per heavy atom. The highest BCUT2D eigenvalue weighted by Gasteiger charge is 2.50. The smallest absolute Gasteiger partial charge is 0.223 e. The molecule has 0 aromatic carbocycles. The number of guanidine groups is 5. The van der Waals surface area contributed by atoms with Crippen molar-refractivity contribution in [2.24, 2.45) is 78.6 Å². The van der Waals surface area contributed by atoms with Crippen LogP contribution in [0, 0.1) is 0 Å². The lowest BCUT2D eigenvalue weighted by Crippen LogP contribution is -2.44. The second-order valence-electron chi connectivity index (χ2n) is 18.0. The maximum atomic E-state index is 9.92. The number of aliphatic hydroxyl groups is 15. The molecule has 40 nitrogen and oxygen atoms in total. The number of hydrogen-bond donors (Lipinski definition) is 20. The van der Waals surface area contributed by atoms with Crippen molar-refractivity contribution in [3.8, 4) is 0 Å². The molecule has 470 valence electrons. The van der Waals surface area contributed by atoms with Crippen molar-refractivity contribution in [1.82, 2.24) is 24.5 Å². The van der Waals surface area contributed by atoms with Gasteiger partial charge in [-0.05, 0) is 0 Å². The number of nitrogens with zero attached hydrogens (tertiary/aromatic N) is 15. The van der Waals surface area contributed by atoms with Crippen LogP contribution >= 0.6 is 0 Å². The van der Waals surface area contributed by atoms with Gasteiger partial charge in [-0.3, -0.25) is 24.5 Å². The molecule has 10 aliphatic rings. The van der Waals surface area contributed by atoms with Gasteiger partial charge < -0.3 is 129 Å². The summed E-state index contributed by atoms with van der Waals surface area (Å²) < 4.78 is 71.1. The zero-order valence-corrected chi connectivity index (χ0v) is 44.3. The van der Waals surface area contributed by atoms with Crippen LogP contribution in [0.25, 0.3) is 0 Å². The second kappa shape index (κ2) is 29.1. The van der Waals surface area contributed by atoms with E-state index in [4.69, 9.17) is 81.0 Å². The summed E-state index contributed by atoms with van der Waals surface area (Å²) in [6.45, 7) is 12.7. The number of hydrogen-bond acceptors (Lipinski definition) is 40. The molecule has 25 N–H and O–H groups in total. The largest absolute Gasteiger partial charge is 0.394 e. The fraction of sp³-hybridized carbons (Fsp3) is 0.556. The maximum Gasteiger partial charge on any atom is 0.223 e. The van der Waals surface area contributed by atoms with Crippen LogP contribution < -0.4 is 28.7 Å². The lowest BCUT2D eigenvalue weighted by atomic mass is 10.1. The minimum Gasteiger partial charge on any atom is -0.394 e. The summed E-state index contributed by atoms with van der Waals surface area (Å²) in [6.07, 6.45) is -24.5. The topological polar surface area (TPSA) is 620 Å². The average molecular weight is 1220 g/mol. The summed E-state index contributed by atoms with van der Waals surface area (Å²) >= 11 is 0. The highest BCUT2D eigenvalue weighted by atomic mass is 16.6. The van der Waals surface area contributed by atoms with Crippen molar-refractivity contribution in [3.63, 3.8) is 0 Å². The molecule has 10 heterocycles. The van der Waals surface area contributed by atoms with Gasteiger partial charge >= 0.3 is 0 Å². The monoisotopic (exact) mass is 1220 g/mol. The number of ether oxygens (including phenoxy) is 5. The Kier molecular flexibility index (Phi) is 19.9. The van der Waals surface area contributed by atoms with Gasteiger partial charge in [-0.1, -0.05) is 32.9 Å². The SMILES string of the molecule is [2H]C([2H])(O)[C@H]1O[C@@H](N2C=NC(N)=NC2=C)C(O)[C@H]1O.[2H]C1(O)[C@@H](O)[C@@H](CO)O[C@H]1N1C=NC(N)=NC1=C.[2H][C@@]1(N2C=NC(N)=NC2=C)O[C@H](CO)[C@H](O)C1O.[2H][C@@]1(O)C(O)[C@H](N2C=NC(N)=NC2=C)O[C@@H]1CO.[2H][C@]1(CO)O[C@@H](N2C=NC(N)=NC2=C)C(O)[C@H]1O. The average Bonchev–Trinajstić information content (AvgIpc) is 1.71. The van der Waals surface area contributed by atoms with E-state index < -0.39 is 156 Å². The zero-order valence-electron chi connectivity index (χ0n) is 50.3. The first-order chi connectivity index (χ1) is 42.2. The molecule has 40 heteroatoms. The first kappa shape index (κ1) is 58.0. The Morgan fingerprint density at radius 1 is 0.376 bits per heavy atom. The Bertz CT molecular complexity index is 3020. The molecule has 0 amide bonds. The van der Waals surface area contributed by atoms with E-state index in [9.17, 15) is 56.2 Å². The van der Waals surface area contributed by atoms with Gasteiger partial charge in [0.15, 0.2) is 31.1 Å². The van der Waals surface area contributed by atoms with Crippen LogP contribution in [0.1, 0.15) is 8.22 Å². The molecule has 5 unspecified atom stereocenters. The van der Waals surface area contributed by atoms with Crippen LogP contribution in [-0.2, 0) is 23.7 Å². The molecule has 85 heavy (non-hydrogen) atoms. The highest BCUT2D eigenvalue weighted by molar-refractivity contribution is 5.91. The summed E-state index contributed by atoms with van der Waals surface area (Å²) in [4.78, 5) is 43.1. The Balaban J connectivity index is 0.000000181. The molecule has 5 saturated heterocycles. The van der Waals surface area contributed by atoms with Crippen molar-refractivity contribution in [2.45, 2.75) is 123 Å². The van der Waals surface area contributed by atoms with Crippen LogP contribution in [-0.4, -0.2) is 318 Å². The van der Waals surface area contributed by atoms with E-state index in [1.54, 1.807) is 0 Å². The minimum absolute atomic E-state index is 0.00331. The summed E-state index contributed by atoms with van der Waals surface area (Å²) in [5, 5.41) is 143. The third-order valence-corrected chi connectivity index (χ3v) is 12.5. The number of nitrogens with two attached hydrogens (primary N) is 5. The van der Waals surface area contributed by atoms with Gasteiger partial charge in [-0.15, -0.1) is 0 Å². The van der Waals surface area contributed by atoms with Crippen molar-refractivity contribution in [1.29, 1.82) is 0 Å². The van der Waals surface area contributed by atoms with E-state index in [0.29, 0.717) is 0 Å². The maximum absolute atomic E-state index is 9.92. The molecule has 0 saturated carbocycles. The van der Waals surface area contributed by atoms with Crippen LogP contribution in [0.3, 0.4) is 0 Å². The molecule has 10 rings (SSSR count). The van der Waals surface area contributed by atoms with Gasteiger partial charge in [0.2, 0.25) is 29.8 Å². The van der Waals surface area contributed by atoms with Gasteiger partial charge in [0, 0.05) is 0 Å². The standard InChI is InChI=1S/5C9H14N4O4/c5*1-4-12-9(10)11-3-13(4)8-7(16)6(15)5(2-14)17-8/h5*3,5-8,14-16H,1-2H2,(H2,10,12)/t5*5-,6+,7?,8-/m11111/s1/i8D;7D;6D;5D;2D2. The predicted molar refractivity (Wildman–Crippen MR) is 294 cm³/mol. The van der Waals surface area contributed by atoms with Crippen molar-refractivity contribution in [2.75, 3.05) is 33.0 Å². The van der Waals surface area contributed by atoms with Gasteiger partial charge in [-0.25, -0.2) is 25.0 Å². The Morgan fingerprint density at radius 2 is 0.706 bits per heavy atom. The van der Waals surface area contributed by atoms with Crippen molar-refractivity contribution in [3.05, 3.63) is 62.0 Å². The summed E-state index contributed by atoms with van der Waals surface area (Å²) in [7, 11) is 0. The molecular formula is C45H70N20O20. The molecule has 0 spiro atoms. The molecule has 20 atom stereocenters. The summed E-state index contributed by atoms with van der Waals surface area (Å²) in [5.41, 5.74) is 26.8. The lowest BCUT2D eigenvalue weighted by molar-refractivity contribution is -0.0607. The lowest BCUT2D eigenvalue weighted by Gasteiger charge is -2.29. The third kappa shape index (κ3) is 15.2. The molecule has 0 aromatic rings. The van der Waals surface area contributed by atoms with Gasteiger partial charge in [0.1, 0.15) is 152 Å². The van der Waals surface area contributed by atoms with E-state index in [2.05, 4.69) is 82.8 Å². The summed E-state index contributed by atoms with van der Waals surface area (Å²) in [5.74, 6) is 0.514. The third-order valence-electron chi connectivity index (χ3n) is 12.5. The van der Waals surface area contributed by atoms with Crippen LogP contribution in [0.15, 0.2) is 112 Å². The molecule has 5 fully saturated rings. The first-order valence-corrected chi connectivity index (χ1v) is 24.4. The van der Waals surface area contributed by atoms with Crippen LogP contribution in [0.4, 0.5) is 0 Å². The summed E-state index contributed by atoms with van der Waals surface area (Å²) in [6, 6.07) is 0. The molecule has 10 aliphatic heterocycles. The van der Waals surface area contributed by atoms with E-state index in [0.717, 1.165) is 11.2 Å². The number of aliphatic hydroxyl groups excluding tert-OH is 12. The number of rotatable bonds is 10. The van der Waals surface area contributed by atoms with Crippen LogP contribution in [0.5, 0.6) is 0 Å². The predicted octanol–water partition coefficient (Wildman–Crippen LogP) is -12.2. The van der Waals surface area contributed by atoms with Gasteiger partial charge in [0.25, 0.3) is 0 Å². The van der Waals surface area contributed by atoms with Gasteiger partial charge in [0.05, 0.1) is 41.2 Å². The first-order valence-electron chi connectivity index (χ1n) is 27.4. The molecule has 0 aromatic heterocycles. The number of aliphatic imine (C=N–C) groups is 10. The quantitative estimate of drug-likeness (QED) is 0.0966. The Hall–Kier alpha value is -7.40. The van der Waals surface area contributed by atoms with Crippen molar-refractivity contribution >= 4 is 61.5 Å². The van der Waals surface area contributed by atoms with E-state index >= 15 is 0 Å². The van der Waals surface area contributed by atoms with E-state index in [1.165, 1.54) is 45.0 Å². The Labute approximate surface area is 490 Å². The van der Waals surface area contributed by atoms with E-state index in [1.807, 2.05) is 0 Å². The normalized spacial score (nSPS) is 42.1. The molecule has 0 aliphatic carbocycles. The van der Waals surface area contributed by atoms with Crippen LogP contribution in [0.2, 0.25) is 0 Å². The van der Waals surface area contributed by atoms with Crippen molar-refractivity contribution < 1.29 is 109 Å². The minimum atomic E-state index is -2.80. The fourth-order valence-electron chi connectivity index (χ4n) is 8.02. The second-order valence-corrected chi connectivity index (χ2v) is 18.0. The fourth-order valence-corrected chi connectivity index (χ4v) is 8.02. The molecule has 0 radical (unpaired) electrons. The highest BCUT2D eigenvalue weighted by Crippen LogP contribution is 2.31.